The van der Waals surface area contributed by atoms with E-state index in [1.165, 1.54) is 51.4 Å². The summed E-state index contributed by atoms with van der Waals surface area (Å²) >= 11 is 0. The number of ether oxygens (including phenoxy) is 2. The van der Waals surface area contributed by atoms with Gasteiger partial charge in [0.2, 0.25) is 0 Å². The standard InChI is InChI=1S/C20H39NO4/c22-17(15-24-19-9-5-1-2-6-10-19)13-21-14-18(23)16-25-20-11-7-3-4-8-12-20/h17-23H,1-16H2. The maximum Gasteiger partial charge on any atom is 0.0897 e. The Hall–Kier alpha value is -0.200. The third-order valence-electron chi connectivity index (χ3n) is 5.41. The highest BCUT2D eigenvalue weighted by Gasteiger charge is 2.16. The summed E-state index contributed by atoms with van der Waals surface area (Å²) in [6, 6.07) is 0. The SMILES string of the molecule is OC(CNCC(O)COC1CCCCCC1)COC1CCCCCC1. The number of nitrogens with one attached hydrogen (secondary N) is 1. The molecule has 2 aliphatic carbocycles. The highest BCUT2D eigenvalue weighted by Crippen LogP contribution is 2.20. The van der Waals surface area contributed by atoms with Gasteiger partial charge in [0.05, 0.1) is 37.6 Å². The van der Waals surface area contributed by atoms with Gasteiger partial charge in [0.1, 0.15) is 0 Å². The van der Waals surface area contributed by atoms with Crippen molar-refractivity contribution < 1.29 is 19.7 Å². The largest absolute Gasteiger partial charge is 0.389 e. The van der Waals surface area contributed by atoms with E-state index >= 15 is 0 Å². The summed E-state index contributed by atoms with van der Waals surface area (Å²) in [6.07, 6.45) is 14.3. The lowest BCUT2D eigenvalue weighted by molar-refractivity contribution is -0.0229. The van der Waals surface area contributed by atoms with Crippen LogP contribution >= 0.6 is 0 Å². The van der Waals surface area contributed by atoms with Crippen LogP contribution in [0, 0.1) is 0 Å². The summed E-state index contributed by atoms with van der Waals surface area (Å²) in [7, 11) is 0. The molecule has 3 N–H and O–H groups in total. The zero-order valence-electron chi connectivity index (χ0n) is 15.8. The first kappa shape index (κ1) is 21.1. The minimum absolute atomic E-state index is 0.315. The Balaban J connectivity index is 1.47. The lowest BCUT2D eigenvalue weighted by Gasteiger charge is -2.20. The lowest BCUT2D eigenvalue weighted by atomic mass is 10.1. The highest BCUT2D eigenvalue weighted by atomic mass is 16.5. The second-order valence-corrected chi connectivity index (χ2v) is 7.86. The molecule has 2 saturated carbocycles. The van der Waals surface area contributed by atoms with Gasteiger partial charge in [-0.1, -0.05) is 51.4 Å². The summed E-state index contributed by atoms with van der Waals surface area (Å²) in [4.78, 5) is 0. The van der Waals surface area contributed by atoms with E-state index in [-0.39, 0.29) is 0 Å². The number of hydrogen-bond donors (Lipinski definition) is 3. The molecule has 0 radical (unpaired) electrons. The molecule has 0 aromatic rings. The minimum Gasteiger partial charge on any atom is -0.389 e. The van der Waals surface area contributed by atoms with E-state index in [1.54, 1.807) is 0 Å². The maximum atomic E-state index is 10.0. The number of rotatable bonds is 10. The van der Waals surface area contributed by atoms with E-state index in [1.807, 2.05) is 0 Å². The second-order valence-electron chi connectivity index (χ2n) is 7.86. The fraction of sp³-hybridized carbons (Fsp3) is 1.00. The molecule has 0 aromatic carbocycles. The van der Waals surface area contributed by atoms with E-state index in [4.69, 9.17) is 9.47 Å². The molecule has 2 unspecified atom stereocenters. The minimum atomic E-state index is -0.516. The van der Waals surface area contributed by atoms with E-state index in [0.29, 0.717) is 38.5 Å². The quantitative estimate of drug-likeness (QED) is 0.525. The molecule has 2 aliphatic rings. The molecule has 2 atom stereocenters. The fourth-order valence-corrected chi connectivity index (χ4v) is 3.85. The van der Waals surface area contributed by atoms with Gasteiger partial charge < -0.3 is 25.0 Å². The van der Waals surface area contributed by atoms with Gasteiger partial charge in [-0.15, -0.1) is 0 Å². The Morgan fingerprint density at radius 3 is 1.36 bits per heavy atom. The number of hydrogen-bond acceptors (Lipinski definition) is 5. The molecule has 0 aliphatic heterocycles. The topological polar surface area (TPSA) is 71.0 Å². The van der Waals surface area contributed by atoms with Crippen molar-refractivity contribution in [1.29, 1.82) is 0 Å². The predicted octanol–water partition coefficient (Wildman–Crippen LogP) is 2.78. The monoisotopic (exact) mass is 357 g/mol. The summed E-state index contributed by atoms with van der Waals surface area (Å²) in [5, 5.41) is 23.2. The lowest BCUT2D eigenvalue weighted by Crippen LogP contribution is -2.38. The molecule has 0 saturated heterocycles. The molecule has 0 spiro atoms. The van der Waals surface area contributed by atoms with Crippen LogP contribution in [-0.2, 0) is 9.47 Å². The van der Waals surface area contributed by atoms with Crippen molar-refractivity contribution in [2.24, 2.45) is 0 Å². The highest BCUT2D eigenvalue weighted by molar-refractivity contribution is 4.69. The molecule has 0 aromatic heterocycles. The zero-order chi connectivity index (χ0) is 17.7. The van der Waals surface area contributed by atoms with Crippen LogP contribution in [-0.4, -0.2) is 60.9 Å². The molecule has 5 nitrogen and oxygen atoms in total. The van der Waals surface area contributed by atoms with Gasteiger partial charge in [0.25, 0.3) is 0 Å². The van der Waals surface area contributed by atoms with E-state index in [9.17, 15) is 10.2 Å². The molecule has 0 heterocycles. The molecule has 148 valence electrons. The number of aliphatic hydroxyl groups excluding tert-OH is 2. The van der Waals surface area contributed by atoms with Gasteiger partial charge in [-0.05, 0) is 25.7 Å². The van der Waals surface area contributed by atoms with Crippen molar-refractivity contribution in [3.63, 3.8) is 0 Å². The van der Waals surface area contributed by atoms with Crippen molar-refractivity contribution in [3.8, 4) is 0 Å². The van der Waals surface area contributed by atoms with Gasteiger partial charge in [-0.3, -0.25) is 0 Å². The van der Waals surface area contributed by atoms with Crippen molar-refractivity contribution in [3.05, 3.63) is 0 Å². The average Bonchev–Trinajstić information content (AvgIpc) is 3.03. The Morgan fingerprint density at radius 2 is 1.00 bits per heavy atom. The van der Waals surface area contributed by atoms with Crippen LogP contribution in [0.25, 0.3) is 0 Å². The van der Waals surface area contributed by atoms with Gasteiger partial charge in [-0.25, -0.2) is 0 Å². The van der Waals surface area contributed by atoms with Crippen molar-refractivity contribution >= 4 is 0 Å². The van der Waals surface area contributed by atoms with Gasteiger partial charge in [0.15, 0.2) is 0 Å². The number of aliphatic hydroxyl groups is 2. The molecule has 25 heavy (non-hydrogen) atoms. The first-order chi connectivity index (χ1) is 12.2. The molecule has 2 rings (SSSR count). The van der Waals surface area contributed by atoms with Gasteiger partial charge in [0, 0.05) is 13.1 Å². The third kappa shape index (κ3) is 9.90. The van der Waals surface area contributed by atoms with Crippen LogP contribution in [0.4, 0.5) is 0 Å². The van der Waals surface area contributed by atoms with E-state index in [0.717, 1.165) is 25.7 Å². The molecular formula is C20H39NO4. The van der Waals surface area contributed by atoms with Crippen molar-refractivity contribution in [1.82, 2.24) is 5.32 Å². The zero-order valence-corrected chi connectivity index (χ0v) is 15.8. The third-order valence-corrected chi connectivity index (χ3v) is 5.41. The van der Waals surface area contributed by atoms with Crippen molar-refractivity contribution in [2.75, 3.05) is 26.3 Å². The smallest absolute Gasteiger partial charge is 0.0897 e. The Morgan fingerprint density at radius 1 is 0.640 bits per heavy atom. The first-order valence-electron chi connectivity index (χ1n) is 10.5. The normalized spacial score (nSPS) is 23.8. The molecule has 0 bridgehead atoms. The second kappa shape index (κ2) is 13.0. The van der Waals surface area contributed by atoms with Gasteiger partial charge in [-0.2, -0.15) is 0 Å². The first-order valence-corrected chi connectivity index (χ1v) is 10.5. The summed E-state index contributed by atoms with van der Waals surface area (Å²) in [5.74, 6) is 0. The van der Waals surface area contributed by atoms with Gasteiger partial charge >= 0.3 is 0 Å². The fourth-order valence-electron chi connectivity index (χ4n) is 3.85. The van der Waals surface area contributed by atoms with Crippen LogP contribution in [0.5, 0.6) is 0 Å². The van der Waals surface area contributed by atoms with Crippen molar-refractivity contribution in [2.45, 2.75) is 101 Å². The maximum absolute atomic E-state index is 10.0. The molecule has 2 fully saturated rings. The summed E-state index contributed by atoms with van der Waals surface area (Å²) in [5.41, 5.74) is 0. The molecule has 0 amide bonds. The van der Waals surface area contributed by atoms with Crippen LogP contribution in [0.3, 0.4) is 0 Å². The van der Waals surface area contributed by atoms with E-state index in [2.05, 4.69) is 5.32 Å². The van der Waals surface area contributed by atoms with Crippen LogP contribution in [0.2, 0.25) is 0 Å². The average molecular weight is 358 g/mol. The Bertz CT molecular complexity index is 283. The van der Waals surface area contributed by atoms with Crippen LogP contribution in [0.15, 0.2) is 0 Å². The van der Waals surface area contributed by atoms with Crippen LogP contribution < -0.4 is 5.32 Å². The molecular weight excluding hydrogens is 318 g/mol. The summed E-state index contributed by atoms with van der Waals surface area (Å²) < 4.78 is 11.7. The Labute approximate surface area is 153 Å². The van der Waals surface area contributed by atoms with Crippen LogP contribution in [0.1, 0.15) is 77.0 Å². The summed E-state index contributed by atoms with van der Waals surface area (Å²) in [6.45, 7) is 1.67. The predicted molar refractivity (Wildman–Crippen MR) is 99.8 cm³/mol. The Kier molecular flexibility index (Phi) is 11.0. The van der Waals surface area contributed by atoms with E-state index < -0.39 is 12.2 Å². The molecule has 5 heteroatoms.